The molecule has 0 unspecified atom stereocenters. The van der Waals surface area contributed by atoms with Crippen molar-refractivity contribution in [2.75, 3.05) is 6.61 Å². The molecule has 0 heterocycles. The van der Waals surface area contributed by atoms with E-state index < -0.39 is 6.10 Å². The van der Waals surface area contributed by atoms with Gasteiger partial charge in [0.1, 0.15) is 5.75 Å². The van der Waals surface area contributed by atoms with Gasteiger partial charge in [-0.15, -0.1) is 0 Å². The van der Waals surface area contributed by atoms with Crippen LogP contribution in [0.25, 0.3) is 0 Å². The van der Waals surface area contributed by atoms with Gasteiger partial charge >= 0.3 is 5.97 Å². The molecule has 16 heavy (non-hydrogen) atoms. The van der Waals surface area contributed by atoms with E-state index in [1.165, 1.54) is 0 Å². The molecule has 3 nitrogen and oxygen atoms in total. The predicted molar refractivity (Wildman–Crippen MR) is 62.8 cm³/mol. The van der Waals surface area contributed by atoms with Gasteiger partial charge in [0, 0.05) is 5.02 Å². The van der Waals surface area contributed by atoms with Gasteiger partial charge in [0.15, 0.2) is 6.10 Å². The Hall–Kier alpha value is -1.22. The van der Waals surface area contributed by atoms with Crippen LogP contribution < -0.4 is 4.74 Å². The molecule has 1 rings (SSSR count). The van der Waals surface area contributed by atoms with Crippen LogP contribution in [0.4, 0.5) is 0 Å². The molecule has 0 saturated heterocycles. The molecule has 0 aromatic heterocycles. The van der Waals surface area contributed by atoms with Crippen LogP contribution in [0.3, 0.4) is 0 Å². The Kier molecular flexibility index (Phi) is 5.12. The fourth-order valence-corrected chi connectivity index (χ4v) is 1.42. The molecule has 0 fully saturated rings. The van der Waals surface area contributed by atoms with Gasteiger partial charge in [0.25, 0.3) is 0 Å². The monoisotopic (exact) mass is 242 g/mol. The summed E-state index contributed by atoms with van der Waals surface area (Å²) >= 11 is 5.82. The smallest absolute Gasteiger partial charge is 0.347 e. The lowest BCUT2D eigenvalue weighted by atomic mass is 10.2. The summed E-state index contributed by atoms with van der Waals surface area (Å²) in [5.74, 6) is 0.234. The van der Waals surface area contributed by atoms with Gasteiger partial charge in [-0.3, -0.25) is 0 Å². The fourth-order valence-electron chi connectivity index (χ4n) is 1.24. The fraction of sp³-hybridized carbons (Fsp3) is 0.417. The highest BCUT2D eigenvalue weighted by Crippen LogP contribution is 2.19. The maximum atomic E-state index is 11.5. The number of benzene rings is 1. The van der Waals surface area contributed by atoms with E-state index in [4.69, 9.17) is 21.1 Å². The molecule has 0 aliphatic carbocycles. The molecule has 1 aromatic rings. The van der Waals surface area contributed by atoms with Gasteiger partial charge in [0.05, 0.1) is 6.61 Å². The minimum absolute atomic E-state index is 0.343. The number of hydrogen-bond donors (Lipinski definition) is 0. The molecule has 0 bridgehead atoms. The number of hydrogen-bond acceptors (Lipinski definition) is 3. The van der Waals surface area contributed by atoms with Crippen molar-refractivity contribution < 1.29 is 14.3 Å². The minimum Gasteiger partial charge on any atom is -0.479 e. The second kappa shape index (κ2) is 6.38. The lowest BCUT2D eigenvalue weighted by Crippen LogP contribution is -2.28. The minimum atomic E-state index is -0.571. The first-order chi connectivity index (χ1) is 7.67. The van der Waals surface area contributed by atoms with Crippen molar-refractivity contribution in [3.63, 3.8) is 0 Å². The van der Waals surface area contributed by atoms with Crippen LogP contribution >= 0.6 is 11.6 Å². The van der Waals surface area contributed by atoms with Crippen molar-refractivity contribution in [1.82, 2.24) is 0 Å². The summed E-state index contributed by atoms with van der Waals surface area (Å²) in [5, 5.41) is 0.580. The summed E-state index contributed by atoms with van der Waals surface area (Å²) < 4.78 is 10.4. The molecule has 0 radical (unpaired) electrons. The molecule has 1 aromatic carbocycles. The Morgan fingerprint density at radius 3 is 2.75 bits per heavy atom. The van der Waals surface area contributed by atoms with Crippen molar-refractivity contribution >= 4 is 17.6 Å². The number of carbonyl (C=O) groups is 1. The maximum Gasteiger partial charge on any atom is 0.347 e. The summed E-state index contributed by atoms with van der Waals surface area (Å²) in [4.78, 5) is 11.5. The van der Waals surface area contributed by atoms with Gasteiger partial charge in [0.2, 0.25) is 0 Å². The van der Waals surface area contributed by atoms with E-state index in [0.717, 1.165) is 0 Å². The quantitative estimate of drug-likeness (QED) is 0.745. The van der Waals surface area contributed by atoms with E-state index in [2.05, 4.69) is 0 Å². The summed E-state index contributed by atoms with van der Waals surface area (Å²) in [7, 11) is 0. The summed E-state index contributed by atoms with van der Waals surface area (Å²) in [6, 6.07) is 6.95. The van der Waals surface area contributed by atoms with E-state index in [9.17, 15) is 4.79 Å². The predicted octanol–water partition coefficient (Wildman–Crippen LogP) is 3.06. The van der Waals surface area contributed by atoms with Crippen LogP contribution in [-0.2, 0) is 9.53 Å². The first-order valence-electron chi connectivity index (χ1n) is 5.26. The molecular weight excluding hydrogens is 228 g/mol. The van der Waals surface area contributed by atoms with Gasteiger partial charge in [-0.1, -0.05) is 24.6 Å². The zero-order valence-electron chi connectivity index (χ0n) is 9.40. The van der Waals surface area contributed by atoms with Crippen molar-refractivity contribution in [3.05, 3.63) is 29.3 Å². The van der Waals surface area contributed by atoms with Crippen molar-refractivity contribution in [1.29, 1.82) is 0 Å². The second-order valence-corrected chi connectivity index (χ2v) is 3.66. The van der Waals surface area contributed by atoms with Crippen LogP contribution in [0.1, 0.15) is 20.3 Å². The number of ether oxygens (including phenoxy) is 2. The van der Waals surface area contributed by atoms with Crippen molar-refractivity contribution in [2.24, 2.45) is 0 Å². The average molecular weight is 243 g/mol. The highest BCUT2D eigenvalue weighted by molar-refractivity contribution is 6.30. The molecular formula is C12H15ClO3. The van der Waals surface area contributed by atoms with E-state index in [1.54, 1.807) is 31.2 Å². The molecule has 4 heteroatoms. The van der Waals surface area contributed by atoms with Gasteiger partial charge in [-0.2, -0.15) is 0 Å². The van der Waals surface area contributed by atoms with Crippen molar-refractivity contribution in [2.45, 2.75) is 26.4 Å². The Morgan fingerprint density at radius 2 is 2.19 bits per heavy atom. The van der Waals surface area contributed by atoms with Crippen molar-refractivity contribution in [3.8, 4) is 5.75 Å². The Balaban J connectivity index is 2.66. The van der Waals surface area contributed by atoms with E-state index in [0.29, 0.717) is 23.8 Å². The van der Waals surface area contributed by atoms with Gasteiger partial charge < -0.3 is 9.47 Å². The standard InChI is InChI=1S/C12H15ClO3/c1-3-11(12(14)15-4-2)16-10-7-5-6-9(13)8-10/h5-8,11H,3-4H2,1-2H3/t11-/m0/s1. The number of halogens is 1. The topological polar surface area (TPSA) is 35.5 Å². The summed E-state index contributed by atoms with van der Waals surface area (Å²) in [5.41, 5.74) is 0. The zero-order chi connectivity index (χ0) is 12.0. The third kappa shape index (κ3) is 3.74. The average Bonchev–Trinajstić information content (AvgIpc) is 2.26. The van der Waals surface area contributed by atoms with Crippen LogP contribution in [-0.4, -0.2) is 18.7 Å². The van der Waals surface area contributed by atoms with E-state index in [-0.39, 0.29) is 5.97 Å². The molecule has 0 aliphatic heterocycles. The van der Waals surface area contributed by atoms with Gasteiger partial charge in [-0.25, -0.2) is 4.79 Å². The third-order valence-electron chi connectivity index (χ3n) is 1.99. The SMILES string of the molecule is CCOC(=O)[C@H](CC)Oc1cccc(Cl)c1. The Labute approximate surface area is 100 Å². The second-order valence-electron chi connectivity index (χ2n) is 3.22. The largest absolute Gasteiger partial charge is 0.479 e. The van der Waals surface area contributed by atoms with E-state index in [1.807, 2.05) is 6.92 Å². The first kappa shape index (κ1) is 12.8. The summed E-state index contributed by atoms with van der Waals surface area (Å²) in [6.07, 6.45) is -0.0101. The van der Waals surface area contributed by atoms with E-state index >= 15 is 0 Å². The van der Waals surface area contributed by atoms with Crippen LogP contribution in [0.15, 0.2) is 24.3 Å². The normalized spacial score (nSPS) is 11.9. The number of carbonyl (C=O) groups excluding carboxylic acids is 1. The van der Waals surface area contributed by atoms with Crippen LogP contribution in [0.2, 0.25) is 5.02 Å². The molecule has 0 aliphatic rings. The maximum absolute atomic E-state index is 11.5. The highest BCUT2D eigenvalue weighted by Gasteiger charge is 2.19. The molecule has 88 valence electrons. The highest BCUT2D eigenvalue weighted by atomic mass is 35.5. The molecule has 0 saturated carbocycles. The molecule has 0 amide bonds. The van der Waals surface area contributed by atoms with Crippen LogP contribution in [0, 0.1) is 0 Å². The zero-order valence-corrected chi connectivity index (χ0v) is 10.2. The molecule has 1 atom stereocenters. The Morgan fingerprint density at radius 1 is 1.44 bits per heavy atom. The molecule has 0 N–H and O–H groups in total. The number of esters is 1. The lowest BCUT2D eigenvalue weighted by Gasteiger charge is -2.15. The molecule has 0 spiro atoms. The summed E-state index contributed by atoms with van der Waals surface area (Å²) in [6.45, 7) is 3.99. The number of rotatable bonds is 5. The van der Waals surface area contributed by atoms with Gasteiger partial charge in [-0.05, 0) is 31.5 Å². The third-order valence-corrected chi connectivity index (χ3v) is 2.23. The first-order valence-corrected chi connectivity index (χ1v) is 5.64. The Bertz CT molecular complexity index is 352. The lowest BCUT2D eigenvalue weighted by molar-refractivity contribution is -0.151. The van der Waals surface area contributed by atoms with Crippen LogP contribution in [0.5, 0.6) is 5.75 Å².